The lowest BCUT2D eigenvalue weighted by atomic mass is 10.1. The molecule has 0 radical (unpaired) electrons. The predicted octanol–water partition coefficient (Wildman–Crippen LogP) is 1.59. The molecule has 0 unspecified atom stereocenters. The molecule has 0 aliphatic heterocycles. The van der Waals surface area contributed by atoms with Crippen LogP contribution in [-0.4, -0.2) is 40.2 Å². The van der Waals surface area contributed by atoms with E-state index in [4.69, 9.17) is 0 Å². The lowest BCUT2D eigenvalue weighted by Gasteiger charge is -2.07. The number of rotatable bonds is 8. The van der Waals surface area contributed by atoms with E-state index in [0.29, 0.717) is 12.1 Å². The number of halogens is 3. The molecule has 126 valence electrons. The first kappa shape index (κ1) is 20.8. The first-order valence-electron chi connectivity index (χ1n) is 6.38. The van der Waals surface area contributed by atoms with E-state index in [-0.39, 0.29) is 23.9 Å². The zero-order valence-electron chi connectivity index (χ0n) is 12.0. The molecule has 0 heterocycles. The van der Waals surface area contributed by atoms with Crippen molar-refractivity contribution in [3.63, 3.8) is 0 Å². The molecule has 22 heavy (non-hydrogen) atoms. The van der Waals surface area contributed by atoms with Crippen LogP contribution in [0.3, 0.4) is 0 Å². The van der Waals surface area contributed by atoms with Gasteiger partial charge in [0.15, 0.2) is 0 Å². The van der Waals surface area contributed by atoms with Crippen molar-refractivity contribution in [2.24, 2.45) is 0 Å². The molecule has 1 aromatic carbocycles. The van der Waals surface area contributed by atoms with Crippen LogP contribution in [0.25, 0.3) is 0 Å². The van der Waals surface area contributed by atoms with Gasteiger partial charge < -0.3 is 10.6 Å². The molecule has 0 fully saturated rings. The number of nitrogens with one attached hydrogen (secondary N) is 2. The average Bonchev–Trinajstić information content (AvgIpc) is 2.43. The van der Waals surface area contributed by atoms with Gasteiger partial charge in [-0.3, -0.25) is 4.79 Å². The van der Waals surface area contributed by atoms with Gasteiger partial charge in [-0.15, -0.1) is 12.4 Å². The highest BCUT2D eigenvalue weighted by atomic mass is 35.5. The molecule has 1 aromatic rings. The second-order valence-electron chi connectivity index (χ2n) is 4.48. The summed E-state index contributed by atoms with van der Waals surface area (Å²) in [6.07, 6.45) is 0.785. The van der Waals surface area contributed by atoms with Gasteiger partial charge in [-0.05, 0) is 37.7 Å². The summed E-state index contributed by atoms with van der Waals surface area (Å²) in [7, 11) is -2.63. The fourth-order valence-corrected chi connectivity index (χ4v) is 2.40. The van der Waals surface area contributed by atoms with Crippen molar-refractivity contribution in [3.8, 4) is 0 Å². The topological polar surface area (TPSA) is 75.3 Å². The van der Waals surface area contributed by atoms with Gasteiger partial charge in [0.25, 0.3) is 5.91 Å². The van der Waals surface area contributed by atoms with Crippen molar-refractivity contribution in [2.75, 3.05) is 20.1 Å². The van der Waals surface area contributed by atoms with Gasteiger partial charge in [0.2, 0.25) is 9.84 Å². The summed E-state index contributed by atoms with van der Waals surface area (Å²) in [4.78, 5) is 11.7. The van der Waals surface area contributed by atoms with E-state index < -0.39 is 21.3 Å². The largest absolute Gasteiger partial charge is 0.352 e. The third-order valence-corrected chi connectivity index (χ3v) is 4.02. The van der Waals surface area contributed by atoms with E-state index in [0.717, 1.165) is 13.0 Å². The molecular formula is C13H19ClF2N2O3S. The smallest absolute Gasteiger partial charge is 0.337 e. The number of carbonyl (C=O) groups excluding carboxylic acids is 1. The lowest BCUT2D eigenvalue weighted by Crippen LogP contribution is -2.26. The van der Waals surface area contributed by atoms with E-state index in [1.54, 1.807) is 0 Å². The highest BCUT2D eigenvalue weighted by molar-refractivity contribution is 7.90. The number of alkyl halides is 2. The lowest BCUT2D eigenvalue weighted by molar-refractivity contribution is 0.0953. The minimum absolute atomic E-state index is 0. The van der Waals surface area contributed by atoms with E-state index in [9.17, 15) is 22.0 Å². The quantitative estimate of drug-likeness (QED) is 0.693. The van der Waals surface area contributed by atoms with E-state index in [1.165, 1.54) is 24.3 Å². The number of hydrogen-bond acceptors (Lipinski definition) is 4. The van der Waals surface area contributed by atoms with Crippen LogP contribution in [0, 0.1) is 0 Å². The number of carbonyl (C=O) groups is 1. The van der Waals surface area contributed by atoms with Crippen LogP contribution in [0.2, 0.25) is 0 Å². The Bertz CT molecular complexity index is 565. The maximum atomic E-state index is 12.3. The monoisotopic (exact) mass is 356 g/mol. The summed E-state index contributed by atoms with van der Waals surface area (Å²) in [6, 6.07) is 5.57. The van der Waals surface area contributed by atoms with Crippen LogP contribution in [0.4, 0.5) is 8.78 Å². The Morgan fingerprint density at radius 1 is 1.18 bits per heavy atom. The van der Waals surface area contributed by atoms with Crippen molar-refractivity contribution >= 4 is 28.2 Å². The molecular weight excluding hydrogens is 338 g/mol. The second kappa shape index (κ2) is 9.70. The Kier molecular flexibility index (Phi) is 9.15. The number of hydrogen-bond donors (Lipinski definition) is 2. The molecule has 0 bridgehead atoms. The van der Waals surface area contributed by atoms with Crippen LogP contribution in [0.5, 0.6) is 0 Å². The van der Waals surface area contributed by atoms with Gasteiger partial charge in [-0.2, -0.15) is 8.78 Å². The van der Waals surface area contributed by atoms with Crippen LogP contribution >= 0.6 is 12.4 Å². The first-order valence-corrected chi connectivity index (χ1v) is 8.10. The second-order valence-corrected chi connectivity index (χ2v) is 6.45. The van der Waals surface area contributed by atoms with E-state index in [1.807, 2.05) is 7.05 Å². The van der Waals surface area contributed by atoms with Crippen LogP contribution in [0.1, 0.15) is 22.3 Å². The Morgan fingerprint density at radius 3 is 2.27 bits per heavy atom. The predicted molar refractivity (Wildman–Crippen MR) is 83.2 cm³/mol. The summed E-state index contributed by atoms with van der Waals surface area (Å²) in [6.45, 7) is 1.30. The third-order valence-electron chi connectivity index (χ3n) is 2.74. The van der Waals surface area contributed by atoms with Gasteiger partial charge >= 0.3 is 5.76 Å². The summed E-state index contributed by atoms with van der Waals surface area (Å²) in [5.74, 6) is -4.42. The minimum atomic E-state index is -4.45. The van der Waals surface area contributed by atoms with Gasteiger partial charge in [0.05, 0.1) is 5.75 Å². The van der Waals surface area contributed by atoms with Gasteiger partial charge in [-0.25, -0.2) is 8.42 Å². The molecule has 0 aliphatic carbocycles. The van der Waals surface area contributed by atoms with E-state index >= 15 is 0 Å². The molecule has 9 heteroatoms. The van der Waals surface area contributed by atoms with Gasteiger partial charge in [-0.1, -0.05) is 12.1 Å². The van der Waals surface area contributed by atoms with Crippen molar-refractivity contribution < 1.29 is 22.0 Å². The fourth-order valence-electron chi connectivity index (χ4n) is 1.62. The number of amides is 1. The minimum Gasteiger partial charge on any atom is -0.352 e. The highest BCUT2D eigenvalue weighted by Gasteiger charge is 2.24. The van der Waals surface area contributed by atoms with Crippen molar-refractivity contribution in [1.82, 2.24) is 10.6 Å². The molecule has 1 amide bonds. The van der Waals surface area contributed by atoms with Crippen molar-refractivity contribution in [1.29, 1.82) is 0 Å². The molecule has 0 saturated heterocycles. The molecule has 0 saturated carbocycles. The molecule has 0 spiro atoms. The van der Waals surface area contributed by atoms with Crippen LogP contribution in [0.15, 0.2) is 24.3 Å². The van der Waals surface area contributed by atoms with Gasteiger partial charge in [0.1, 0.15) is 0 Å². The molecule has 2 N–H and O–H groups in total. The average molecular weight is 357 g/mol. The van der Waals surface area contributed by atoms with Crippen molar-refractivity contribution in [3.05, 3.63) is 35.4 Å². The number of benzene rings is 1. The molecule has 1 rings (SSSR count). The summed E-state index contributed by atoms with van der Waals surface area (Å²) >= 11 is 0. The van der Waals surface area contributed by atoms with Crippen molar-refractivity contribution in [2.45, 2.75) is 17.9 Å². The highest BCUT2D eigenvalue weighted by Crippen LogP contribution is 2.14. The maximum Gasteiger partial charge on any atom is 0.337 e. The summed E-state index contributed by atoms with van der Waals surface area (Å²) in [5, 5.41) is 5.65. The zero-order chi connectivity index (χ0) is 15.9. The number of sulfone groups is 1. The molecule has 0 aliphatic rings. The Morgan fingerprint density at radius 2 is 1.77 bits per heavy atom. The summed E-state index contributed by atoms with van der Waals surface area (Å²) < 4.78 is 46.7. The third kappa shape index (κ3) is 6.67. The van der Waals surface area contributed by atoms with Crippen LogP contribution < -0.4 is 10.6 Å². The Labute approximate surface area is 134 Å². The summed E-state index contributed by atoms with van der Waals surface area (Å²) in [5.41, 5.74) is 0.583. The Hall–Kier alpha value is -1.25. The first-order chi connectivity index (χ1) is 9.86. The standard InChI is InChI=1S/C13H18F2N2O3S.ClH/c1-16-7-2-8-17-12(18)11-5-3-10(4-6-11)9-21(19,20)13(14)15;/h3-6,13,16H,2,7-9H2,1H3,(H,17,18);1H. The molecule has 0 aromatic heterocycles. The fraction of sp³-hybridized carbons (Fsp3) is 0.462. The normalized spacial score (nSPS) is 11.1. The Balaban J connectivity index is 0.00000441. The zero-order valence-corrected chi connectivity index (χ0v) is 13.6. The van der Waals surface area contributed by atoms with E-state index in [2.05, 4.69) is 10.6 Å². The van der Waals surface area contributed by atoms with Gasteiger partial charge in [0, 0.05) is 12.1 Å². The maximum absolute atomic E-state index is 12.3. The SMILES string of the molecule is CNCCCNC(=O)c1ccc(CS(=O)(=O)C(F)F)cc1.Cl. The molecule has 0 atom stereocenters. The van der Waals surface area contributed by atoms with Crippen LogP contribution in [-0.2, 0) is 15.6 Å². The molecule has 5 nitrogen and oxygen atoms in total.